The Hall–Kier alpha value is -8.40. The molecule has 0 bridgehead atoms. The van der Waals surface area contributed by atoms with Crippen LogP contribution < -0.4 is 4.90 Å². The van der Waals surface area contributed by atoms with Gasteiger partial charge in [-0.05, 0) is 112 Å². The zero-order chi connectivity index (χ0) is 41.7. The minimum Gasteiger partial charge on any atom is -0.456 e. The van der Waals surface area contributed by atoms with Crippen molar-refractivity contribution in [3.05, 3.63) is 243 Å². The van der Waals surface area contributed by atoms with Crippen LogP contribution >= 0.6 is 0 Å². The molecule has 0 amide bonds. The van der Waals surface area contributed by atoms with Crippen LogP contribution in [0, 0.1) is 0 Å². The fraction of sp³-hybridized carbons (Fsp3) is 0. The van der Waals surface area contributed by atoms with Crippen molar-refractivity contribution >= 4 is 60.8 Å². The average molecular weight is 805 g/mol. The lowest BCUT2D eigenvalue weighted by molar-refractivity contribution is 0.669. The van der Waals surface area contributed by atoms with Crippen LogP contribution in [0.1, 0.15) is 0 Å². The molecule has 0 saturated heterocycles. The minimum absolute atomic E-state index is 0.877. The molecule has 3 nitrogen and oxygen atoms in total. The zero-order valence-electron chi connectivity index (χ0n) is 34.4. The summed E-state index contributed by atoms with van der Waals surface area (Å²) in [7, 11) is 0. The largest absolute Gasteiger partial charge is 0.456 e. The van der Waals surface area contributed by atoms with Gasteiger partial charge in [0.2, 0.25) is 0 Å². The number of aromatic nitrogens is 1. The molecule has 0 aliphatic rings. The molecule has 0 aliphatic heterocycles. The van der Waals surface area contributed by atoms with Crippen molar-refractivity contribution in [3.8, 4) is 50.2 Å². The number of fused-ring (bicyclic) bond motifs is 6. The number of nitrogens with zero attached hydrogens (tertiary/aromatic N) is 2. The first kappa shape index (κ1) is 36.5. The molecule has 0 aliphatic carbocycles. The van der Waals surface area contributed by atoms with Crippen molar-refractivity contribution < 1.29 is 4.42 Å². The Balaban J connectivity index is 0.933. The molecule has 0 unspecified atom stereocenters. The number of hydrogen-bond acceptors (Lipinski definition) is 2. The van der Waals surface area contributed by atoms with E-state index in [4.69, 9.17) is 4.42 Å². The highest BCUT2D eigenvalue weighted by atomic mass is 16.3. The molecular weight excluding hydrogens is 765 g/mol. The molecule has 2 heterocycles. The van der Waals surface area contributed by atoms with Crippen molar-refractivity contribution in [2.45, 2.75) is 0 Å². The molecule has 0 saturated carbocycles. The van der Waals surface area contributed by atoms with E-state index >= 15 is 0 Å². The van der Waals surface area contributed by atoms with Gasteiger partial charge in [0.05, 0.1) is 16.7 Å². The third-order valence-electron chi connectivity index (χ3n) is 12.4. The van der Waals surface area contributed by atoms with Crippen molar-refractivity contribution in [3.63, 3.8) is 0 Å². The third kappa shape index (κ3) is 6.46. The van der Waals surface area contributed by atoms with E-state index in [1.54, 1.807) is 0 Å². The Morgan fingerprint density at radius 2 is 0.778 bits per heavy atom. The van der Waals surface area contributed by atoms with Crippen LogP contribution in [-0.4, -0.2) is 4.57 Å². The van der Waals surface area contributed by atoms with E-state index < -0.39 is 0 Å². The topological polar surface area (TPSA) is 21.3 Å². The van der Waals surface area contributed by atoms with Crippen LogP contribution in [0.25, 0.3) is 93.9 Å². The summed E-state index contributed by atoms with van der Waals surface area (Å²) in [6.07, 6.45) is 0. The molecule has 0 spiro atoms. The van der Waals surface area contributed by atoms with Gasteiger partial charge < -0.3 is 13.9 Å². The highest BCUT2D eigenvalue weighted by Gasteiger charge is 2.18. The van der Waals surface area contributed by atoms with Crippen LogP contribution in [0.15, 0.2) is 247 Å². The Labute approximate surface area is 366 Å². The first-order valence-corrected chi connectivity index (χ1v) is 21.5. The van der Waals surface area contributed by atoms with E-state index in [2.05, 4.69) is 240 Å². The van der Waals surface area contributed by atoms with E-state index in [0.717, 1.165) is 61.4 Å². The van der Waals surface area contributed by atoms with Crippen LogP contribution in [-0.2, 0) is 0 Å². The lowest BCUT2D eigenvalue weighted by Crippen LogP contribution is -2.10. The summed E-state index contributed by atoms with van der Waals surface area (Å²) in [5, 5.41) is 4.72. The van der Waals surface area contributed by atoms with Crippen molar-refractivity contribution in [2.75, 3.05) is 4.90 Å². The fourth-order valence-corrected chi connectivity index (χ4v) is 9.37. The highest BCUT2D eigenvalue weighted by molar-refractivity contribution is 6.10. The van der Waals surface area contributed by atoms with Gasteiger partial charge in [0.1, 0.15) is 11.2 Å². The Morgan fingerprint density at radius 1 is 0.286 bits per heavy atom. The zero-order valence-corrected chi connectivity index (χ0v) is 34.4. The molecule has 0 radical (unpaired) electrons. The number of para-hydroxylation sites is 4. The maximum atomic E-state index is 6.27. The number of furan rings is 1. The van der Waals surface area contributed by atoms with Gasteiger partial charge in [-0.1, -0.05) is 170 Å². The monoisotopic (exact) mass is 804 g/mol. The molecule has 0 N–H and O–H groups in total. The average Bonchev–Trinajstić information content (AvgIpc) is 3.90. The molecule has 12 rings (SSSR count). The minimum atomic E-state index is 0.877. The summed E-state index contributed by atoms with van der Waals surface area (Å²) in [4.78, 5) is 2.35. The maximum absolute atomic E-state index is 6.27. The van der Waals surface area contributed by atoms with Crippen molar-refractivity contribution in [2.24, 2.45) is 0 Å². The van der Waals surface area contributed by atoms with E-state index in [1.807, 2.05) is 12.1 Å². The lowest BCUT2D eigenvalue weighted by Gasteiger charge is -2.26. The second-order valence-corrected chi connectivity index (χ2v) is 16.1. The second-order valence-electron chi connectivity index (χ2n) is 16.1. The van der Waals surface area contributed by atoms with Gasteiger partial charge in [0.15, 0.2) is 0 Å². The predicted molar refractivity (Wildman–Crippen MR) is 264 cm³/mol. The SMILES string of the molecule is c1ccc(-c2ccc(-c3cccc(N(c4ccc(-c5cccc(-c6ccccc6-n6c7ccccc7c7ccccc76)c5)cc4)c4ccc5oc6ccccc6c5c4)c3)cc2)cc1. The van der Waals surface area contributed by atoms with Gasteiger partial charge in [0.25, 0.3) is 0 Å². The predicted octanol–water partition coefficient (Wildman–Crippen LogP) is 16.8. The summed E-state index contributed by atoms with van der Waals surface area (Å²) in [6, 6.07) is 87.1. The summed E-state index contributed by atoms with van der Waals surface area (Å²) in [6.45, 7) is 0. The van der Waals surface area contributed by atoms with Crippen LogP contribution in [0.5, 0.6) is 0 Å². The number of benzene rings is 10. The molecule has 12 aromatic rings. The molecular formula is C60H40N2O. The fourth-order valence-electron chi connectivity index (χ4n) is 9.37. The molecule has 10 aromatic carbocycles. The van der Waals surface area contributed by atoms with Gasteiger partial charge in [0, 0.05) is 44.2 Å². The standard InChI is InChI=1S/C60H40N2O/c1-2-14-41(15-3-1)42-28-30-43(31-29-42)46-17-13-19-49(39-46)61(50-36-37-60-55(40-50)54-23-7-11-27-59(54)63-60)48-34-32-44(33-35-48)45-16-12-18-47(38-45)51-20-4-8-24-56(51)62-57-25-9-5-21-52(57)53-22-6-10-26-58(53)62/h1-40H. The molecule has 296 valence electrons. The first-order valence-electron chi connectivity index (χ1n) is 21.5. The van der Waals surface area contributed by atoms with Gasteiger partial charge in [-0.2, -0.15) is 0 Å². The van der Waals surface area contributed by atoms with Gasteiger partial charge in [-0.3, -0.25) is 0 Å². The van der Waals surface area contributed by atoms with Crippen LogP contribution in [0.3, 0.4) is 0 Å². The summed E-state index contributed by atoms with van der Waals surface area (Å²) >= 11 is 0. The summed E-state index contributed by atoms with van der Waals surface area (Å²) in [5.74, 6) is 0. The third-order valence-corrected chi connectivity index (χ3v) is 12.4. The van der Waals surface area contributed by atoms with Crippen molar-refractivity contribution in [1.29, 1.82) is 0 Å². The molecule has 2 aromatic heterocycles. The van der Waals surface area contributed by atoms with Crippen LogP contribution in [0.2, 0.25) is 0 Å². The van der Waals surface area contributed by atoms with Gasteiger partial charge >= 0.3 is 0 Å². The number of anilines is 3. The maximum Gasteiger partial charge on any atom is 0.135 e. The molecule has 0 fully saturated rings. The van der Waals surface area contributed by atoms with E-state index in [0.29, 0.717) is 0 Å². The second kappa shape index (κ2) is 15.3. The Bertz CT molecular complexity index is 3560. The van der Waals surface area contributed by atoms with E-state index in [1.165, 1.54) is 49.6 Å². The quantitative estimate of drug-likeness (QED) is 0.153. The Morgan fingerprint density at radius 3 is 1.52 bits per heavy atom. The highest BCUT2D eigenvalue weighted by Crippen LogP contribution is 2.42. The van der Waals surface area contributed by atoms with Gasteiger partial charge in [-0.15, -0.1) is 0 Å². The van der Waals surface area contributed by atoms with Gasteiger partial charge in [-0.25, -0.2) is 0 Å². The van der Waals surface area contributed by atoms with Crippen molar-refractivity contribution in [1.82, 2.24) is 4.57 Å². The smallest absolute Gasteiger partial charge is 0.135 e. The molecule has 63 heavy (non-hydrogen) atoms. The molecule has 3 heteroatoms. The lowest BCUT2D eigenvalue weighted by atomic mass is 9.97. The van der Waals surface area contributed by atoms with Crippen LogP contribution in [0.4, 0.5) is 17.1 Å². The summed E-state index contributed by atoms with van der Waals surface area (Å²) in [5.41, 5.74) is 17.9. The molecule has 0 atom stereocenters. The number of hydrogen-bond donors (Lipinski definition) is 0. The number of rotatable bonds is 8. The first-order chi connectivity index (χ1) is 31.2. The van der Waals surface area contributed by atoms with E-state index in [-0.39, 0.29) is 0 Å². The Kier molecular flexibility index (Phi) is 8.83. The summed E-state index contributed by atoms with van der Waals surface area (Å²) < 4.78 is 8.68. The van der Waals surface area contributed by atoms with E-state index in [9.17, 15) is 0 Å². The normalized spacial score (nSPS) is 11.5.